The van der Waals surface area contributed by atoms with Crippen LogP contribution in [0.15, 0.2) is 0 Å². The second-order valence-corrected chi connectivity index (χ2v) is 4.18. The minimum Gasteiger partial charge on any atom is -0.381 e. The van der Waals surface area contributed by atoms with Gasteiger partial charge in [0.2, 0.25) is 5.91 Å². The Bertz CT molecular complexity index is 172. The molecule has 0 rings (SSSR count). The zero-order valence-electron chi connectivity index (χ0n) is 10.1. The molecule has 0 aromatic heterocycles. The first-order valence-corrected chi connectivity index (χ1v) is 5.62. The highest BCUT2D eigenvalue weighted by molar-refractivity contribution is 5.79. The van der Waals surface area contributed by atoms with Crippen LogP contribution in [-0.4, -0.2) is 32.2 Å². The van der Waals surface area contributed by atoms with Gasteiger partial charge in [0.05, 0.1) is 6.04 Å². The van der Waals surface area contributed by atoms with Gasteiger partial charge in [-0.25, -0.2) is 0 Å². The van der Waals surface area contributed by atoms with E-state index in [0.29, 0.717) is 13.0 Å². The van der Waals surface area contributed by atoms with E-state index < -0.39 is 0 Å². The lowest BCUT2D eigenvalue weighted by atomic mass is 10.1. The standard InChI is InChI=1S/C11H24N2O2/c1-9(2)5-4-7-15-8-6-10(13-3)11(12)14/h9-10,13H,4-8H2,1-3H3,(H2,12,14). The van der Waals surface area contributed by atoms with Gasteiger partial charge in [0.25, 0.3) is 0 Å². The number of likely N-dealkylation sites (N-methyl/N-ethyl adjacent to an activating group) is 1. The Labute approximate surface area is 92.6 Å². The molecule has 0 fully saturated rings. The molecule has 1 unspecified atom stereocenters. The molecule has 0 aliphatic carbocycles. The predicted octanol–water partition coefficient (Wildman–Crippen LogP) is 0.903. The van der Waals surface area contributed by atoms with Crippen LogP contribution in [0.5, 0.6) is 0 Å². The zero-order valence-corrected chi connectivity index (χ0v) is 10.1. The lowest BCUT2D eigenvalue weighted by molar-refractivity contribution is -0.120. The van der Waals surface area contributed by atoms with Crippen molar-refractivity contribution in [1.29, 1.82) is 0 Å². The minimum atomic E-state index is -0.316. The highest BCUT2D eigenvalue weighted by atomic mass is 16.5. The molecule has 4 nitrogen and oxygen atoms in total. The summed E-state index contributed by atoms with van der Waals surface area (Å²) >= 11 is 0. The molecule has 0 aromatic rings. The van der Waals surface area contributed by atoms with E-state index >= 15 is 0 Å². The van der Waals surface area contributed by atoms with E-state index in [-0.39, 0.29) is 11.9 Å². The number of ether oxygens (including phenoxy) is 1. The number of carbonyl (C=O) groups excluding carboxylic acids is 1. The summed E-state index contributed by atoms with van der Waals surface area (Å²) in [5.41, 5.74) is 5.17. The number of hydrogen-bond acceptors (Lipinski definition) is 3. The second kappa shape index (κ2) is 8.68. The Hall–Kier alpha value is -0.610. The van der Waals surface area contributed by atoms with Crippen LogP contribution in [-0.2, 0) is 9.53 Å². The highest BCUT2D eigenvalue weighted by Gasteiger charge is 2.11. The SMILES string of the molecule is CNC(CCOCCCC(C)C)C(N)=O. The predicted molar refractivity (Wildman–Crippen MR) is 61.6 cm³/mol. The monoisotopic (exact) mass is 216 g/mol. The molecule has 0 bridgehead atoms. The first-order chi connectivity index (χ1) is 7.07. The molecule has 0 spiro atoms. The maximum atomic E-state index is 10.8. The average molecular weight is 216 g/mol. The van der Waals surface area contributed by atoms with Gasteiger partial charge in [-0.05, 0) is 32.2 Å². The molecule has 0 radical (unpaired) electrons. The summed E-state index contributed by atoms with van der Waals surface area (Å²) in [6, 6.07) is -0.268. The molecule has 1 atom stereocenters. The highest BCUT2D eigenvalue weighted by Crippen LogP contribution is 2.03. The molecule has 15 heavy (non-hydrogen) atoms. The fourth-order valence-corrected chi connectivity index (χ4v) is 1.33. The fourth-order valence-electron chi connectivity index (χ4n) is 1.33. The summed E-state index contributed by atoms with van der Waals surface area (Å²) in [6.07, 6.45) is 2.91. The van der Waals surface area contributed by atoms with Crippen molar-refractivity contribution < 1.29 is 9.53 Å². The van der Waals surface area contributed by atoms with Gasteiger partial charge in [-0.15, -0.1) is 0 Å². The summed E-state index contributed by atoms with van der Waals surface area (Å²) in [5, 5.41) is 2.86. The molecule has 0 heterocycles. The third kappa shape index (κ3) is 8.39. The van der Waals surface area contributed by atoms with Gasteiger partial charge in [-0.1, -0.05) is 13.8 Å². The second-order valence-electron chi connectivity index (χ2n) is 4.18. The van der Waals surface area contributed by atoms with Crippen LogP contribution >= 0.6 is 0 Å². The van der Waals surface area contributed by atoms with Crippen LogP contribution in [0.3, 0.4) is 0 Å². The van der Waals surface area contributed by atoms with Crippen molar-refractivity contribution in [3.05, 3.63) is 0 Å². The molecule has 0 aliphatic rings. The first kappa shape index (κ1) is 14.4. The van der Waals surface area contributed by atoms with Crippen LogP contribution < -0.4 is 11.1 Å². The van der Waals surface area contributed by atoms with Crippen molar-refractivity contribution in [3.8, 4) is 0 Å². The van der Waals surface area contributed by atoms with Crippen LogP contribution in [0.4, 0.5) is 0 Å². The average Bonchev–Trinajstić information content (AvgIpc) is 2.15. The fraction of sp³-hybridized carbons (Fsp3) is 0.909. The zero-order chi connectivity index (χ0) is 11.7. The summed E-state index contributed by atoms with van der Waals surface area (Å²) in [7, 11) is 1.73. The number of rotatable bonds is 9. The van der Waals surface area contributed by atoms with E-state index in [1.165, 1.54) is 6.42 Å². The van der Waals surface area contributed by atoms with Gasteiger partial charge in [0.1, 0.15) is 0 Å². The summed E-state index contributed by atoms with van der Waals surface area (Å²) < 4.78 is 5.42. The molecule has 0 saturated carbocycles. The van der Waals surface area contributed by atoms with Crippen LogP contribution in [0, 0.1) is 5.92 Å². The molecule has 0 saturated heterocycles. The molecular weight excluding hydrogens is 192 g/mol. The van der Waals surface area contributed by atoms with Crippen LogP contribution in [0.2, 0.25) is 0 Å². The van der Waals surface area contributed by atoms with Gasteiger partial charge in [-0.3, -0.25) is 4.79 Å². The number of hydrogen-bond donors (Lipinski definition) is 2. The van der Waals surface area contributed by atoms with E-state index in [0.717, 1.165) is 18.9 Å². The largest absolute Gasteiger partial charge is 0.381 e. The van der Waals surface area contributed by atoms with E-state index in [2.05, 4.69) is 19.2 Å². The van der Waals surface area contributed by atoms with Gasteiger partial charge in [0.15, 0.2) is 0 Å². The van der Waals surface area contributed by atoms with Gasteiger partial charge in [0, 0.05) is 13.2 Å². The molecule has 0 aliphatic heterocycles. The van der Waals surface area contributed by atoms with E-state index in [4.69, 9.17) is 10.5 Å². The maximum Gasteiger partial charge on any atom is 0.234 e. The molecule has 4 heteroatoms. The van der Waals surface area contributed by atoms with Crippen molar-refractivity contribution in [3.63, 3.8) is 0 Å². The molecular formula is C11H24N2O2. The molecule has 3 N–H and O–H groups in total. The number of nitrogens with two attached hydrogens (primary N) is 1. The summed E-state index contributed by atoms with van der Waals surface area (Å²) in [6.45, 7) is 5.76. The van der Waals surface area contributed by atoms with E-state index in [1.54, 1.807) is 7.05 Å². The Kier molecular flexibility index (Phi) is 8.33. The first-order valence-electron chi connectivity index (χ1n) is 5.62. The third-order valence-electron chi connectivity index (χ3n) is 2.31. The topological polar surface area (TPSA) is 64.3 Å². The third-order valence-corrected chi connectivity index (χ3v) is 2.31. The number of carbonyl (C=O) groups is 1. The number of amides is 1. The minimum absolute atomic E-state index is 0.268. The van der Waals surface area contributed by atoms with Crippen molar-refractivity contribution in [2.45, 2.75) is 39.2 Å². The Morgan fingerprint density at radius 1 is 1.33 bits per heavy atom. The Morgan fingerprint density at radius 2 is 2.00 bits per heavy atom. The smallest absolute Gasteiger partial charge is 0.234 e. The summed E-state index contributed by atoms with van der Waals surface area (Å²) in [5.74, 6) is 0.410. The Morgan fingerprint density at radius 3 is 2.47 bits per heavy atom. The Balaban J connectivity index is 3.33. The molecule has 90 valence electrons. The maximum absolute atomic E-state index is 10.8. The summed E-state index contributed by atoms with van der Waals surface area (Å²) in [4.78, 5) is 10.8. The van der Waals surface area contributed by atoms with Crippen LogP contribution in [0.1, 0.15) is 33.1 Å². The van der Waals surface area contributed by atoms with Gasteiger partial charge >= 0.3 is 0 Å². The normalized spacial score (nSPS) is 13.1. The van der Waals surface area contributed by atoms with Crippen molar-refractivity contribution >= 4 is 5.91 Å². The molecule has 0 aromatic carbocycles. The van der Waals surface area contributed by atoms with Gasteiger partial charge in [-0.2, -0.15) is 0 Å². The van der Waals surface area contributed by atoms with Crippen molar-refractivity contribution in [2.24, 2.45) is 11.7 Å². The van der Waals surface area contributed by atoms with E-state index in [1.807, 2.05) is 0 Å². The molecule has 1 amide bonds. The van der Waals surface area contributed by atoms with Gasteiger partial charge < -0.3 is 15.8 Å². The number of nitrogens with one attached hydrogen (secondary N) is 1. The quantitative estimate of drug-likeness (QED) is 0.563. The lowest BCUT2D eigenvalue weighted by Crippen LogP contribution is -2.39. The van der Waals surface area contributed by atoms with Crippen molar-refractivity contribution in [2.75, 3.05) is 20.3 Å². The lowest BCUT2D eigenvalue weighted by Gasteiger charge is -2.12. The van der Waals surface area contributed by atoms with Crippen LogP contribution in [0.25, 0.3) is 0 Å². The van der Waals surface area contributed by atoms with E-state index in [9.17, 15) is 4.79 Å². The number of primary amides is 1. The van der Waals surface area contributed by atoms with Crippen molar-refractivity contribution in [1.82, 2.24) is 5.32 Å².